The molecule has 1 aliphatic carbocycles. The van der Waals surface area contributed by atoms with Crippen molar-refractivity contribution in [1.29, 1.82) is 0 Å². The highest BCUT2D eigenvalue weighted by Crippen LogP contribution is 2.31. The zero-order chi connectivity index (χ0) is 14.1. The van der Waals surface area contributed by atoms with Crippen molar-refractivity contribution in [2.75, 3.05) is 0 Å². The van der Waals surface area contributed by atoms with Crippen LogP contribution in [0.2, 0.25) is 0 Å². The summed E-state index contributed by atoms with van der Waals surface area (Å²) < 4.78 is 0. The van der Waals surface area contributed by atoms with Crippen LogP contribution in [0.5, 0.6) is 0 Å². The Hall–Kier alpha value is -0.0800. The SMILES string of the molecule is CC(NC1CC(C)(C)NC(C)(C)C1)C1CCCCC1. The maximum Gasteiger partial charge on any atom is 0.0144 e. The third-order valence-corrected chi connectivity index (χ3v) is 5.05. The fourth-order valence-electron chi connectivity index (χ4n) is 4.58. The van der Waals surface area contributed by atoms with Crippen LogP contribution >= 0.6 is 0 Å². The van der Waals surface area contributed by atoms with E-state index in [1.165, 1.54) is 44.9 Å². The molecule has 0 radical (unpaired) electrons. The van der Waals surface area contributed by atoms with Gasteiger partial charge in [-0.15, -0.1) is 0 Å². The maximum absolute atomic E-state index is 3.96. The Morgan fingerprint density at radius 1 is 0.947 bits per heavy atom. The van der Waals surface area contributed by atoms with Gasteiger partial charge in [0.05, 0.1) is 0 Å². The second kappa shape index (κ2) is 5.73. The van der Waals surface area contributed by atoms with E-state index in [4.69, 9.17) is 0 Å². The highest BCUT2D eigenvalue weighted by molar-refractivity contribution is 5.00. The summed E-state index contributed by atoms with van der Waals surface area (Å²) in [5.41, 5.74) is 0.511. The Kier molecular flexibility index (Phi) is 4.62. The minimum absolute atomic E-state index is 0.256. The molecular formula is C17H34N2. The van der Waals surface area contributed by atoms with Crippen molar-refractivity contribution in [2.45, 2.75) is 103 Å². The molecule has 0 bridgehead atoms. The molecular weight excluding hydrogens is 232 g/mol. The van der Waals surface area contributed by atoms with E-state index in [1.54, 1.807) is 0 Å². The van der Waals surface area contributed by atoms with Crippen LogP contribution in [0.15, 0.2) is 0 Å². The van der Waals surface area contributed by atoms with Crippen molar-refractivity contribution in [2.24, 2.45) is 5.92 Å². The number of rotatable bonds is 3. The van der Waals surface area contributed by atoms with E-state index < -0.39 is 0 Å². The highest BCUT2D eigenvalue weighted by Gasteiger charge is 2.38. The average molecular weight is 266 g/mol. The smallest absolute Gasteiger partial charge is 0.0144 e. The maximum atomic E-state index is 3.96. The first kappa shape index (κ1) is 15.3. The molecule has 0 aromatic heterocycles. The quantitative estimate of drug-likeness (QED) is 0.810. The molecule has 1 saturated carbocycles. The van der Waals surface area contributed by atoms with Crippen molar-refractivity contribution in [3.05, 3.63) is 0 Å². The lowest BCUT2D eigenvalue weighted by atomic mass is 9.78. The van der Waals surface area contributed by atoms with Gasteiger partial charge in [-0.25, -0.2) is 0 Å². The summed E-state index contributed by atoms with van der Waals surface area (Å²) in [6, 6.07) is 1.36. The van der Waals surface area contributed by atoms with Gasteiger partial charge in [-0.2, -0.15) is 0 Å². The second-order valence-corrected chi connectivity index (χ2v) is 8.35. The van der Waals surface area contributed by atoms with Crippen LogP contribution in [0.1, 0.15) is 79.6 Å². The lowest BCUT2D eigenvalue weighted by Gasteiger charge is -2.48. The molecule has 1 heterocycles. The molecule has 0 aromatic rings. The first-order valence-electron chi connectivity index (χ1n) is 8.33. The number of hydrogen-bond acceptors (Lipinski definition) is 2. The van der Waals surface area contributed by atoms with Crippen molar-refractivity contribution < 1.29 is 0 Å². The molecule has 0 spiro atoms. The molecule has 1 saturated heterocycles. The molecule has 1 unspecified atom stereocenters. The zero-order valence-corrected chi connectivity index (χ0v) is 13.7. The lowest BCUT2D eigenvalue weighted by molar-refractivity contribution is 0.130. The molecule has 0 aromatic carbocycles. The van der Waals surface area contributed by atoms with Gasteiger partial charge in [0.1, 0.15) is 0 Å². The first-order chi connectivity index (χ1) is 8.77. The van der Waals surface area contributed by atoms with Gasteiger partial charge in [0.25, 0.3) is 0 Å². The van der Waals surface area contributed by atoms with Crippen molar-refractivity contribution in [1.82, 2.24) is 10.6 Å². The third-order valence-electron chi connectivity index (χ3n) is 5.05. The molecule has 0 amide bonds. The average Bonchev–Trinajstić information content (AvgIpc) is 2.25. The predicted molar refractivity (Wildman–Crippen MR) is 83.5 cm³/mol. The monoisotopic (exact) mass is 266 g/mol. The summed E-state index contributed by atoms with van der Waals surface area (Å²) in [4.78, 5) is 0. The van der Waals surface area contributed by atoms with Gasteiger partial charge in [0.15, 0.2) is 0 Å². The third kappa shape index (κ3) is 4.46. The first-order valence-corrected chi connectivity index (χ1v) is 8.33. The van der Waals surface area contributed by atoms with Crippen LogP contribution in [0.4, 0.5) is 0 Å². The fraction of sp³-hybridized carbons (Fsp3) is 1.00. The van der Waals surface area contributed by atoms with Crippen LogP contribution < -0.4 is 10.6 Å². The zero-order valence-electron chi connectivity index (χ0n) is 13.7. The minimum atomic E-state index is 0.256. The normalized spacial score (nSPS) is 30.2. The van der Waals surface area contributed by atoms with E-state index in [9.17, 15) is 0 Å². The van der Waals surface area contributed by atoms with Gasteiger partial charge < -0.3 is 10.6 Å². The van der Waals surface area contributed by atoms with Gasteiger partial charge in [0, 0.05) is 23.2 Å². The summed E-state index contributed by atoms with van der Waals surface area (Å²) in [5, 5.41) is 7.73. The van der Waals surface area contributed by atoms with E-state index in [2.05, 4.69) is 45.3 Å². The summed E-state index contributed by atoms with van der Waals surface area (Å²) in [6.45, 7) is 11.8. The molecule has 2 aliphatic rings. The Labute approximate surface area is 120 Å². The number of piperidine rings is 1. The lowest BCUT2D eigenvalue weighted by Crippen LogP contribution is -2.62. The molecule has 2 rings (SSSR count). The van der Waals surface area contributed by atoms with Gasteiger partial charge in [0.2, 0.25) is 0 Å². The van der Waals surface area contributed by atoms with Crippen LogP contribution in [0.3, 0.4) is 0 Å². The topological polar surface area (TPSA) is 24.1 Å². The largest absolute Gasteiger partial charge is 0.311 e. The van der Waals surface area contributed by atoms with Crippen molar-refractivity contribution in [3.63, 3.8) is 0 Å². The van der Waals surface area contributed by atoms with Crippen LogP contribution in [0.25, 0.3) is 0 Å². The van der Waals surface area contributed by atoms with E-state index in [0.29, 0.717) is 12.1 Å². The molecule has 112 valence electrons. The molecule has 19 heavy (non-hydrogen) atoms. The Balaban J connectivity index is 1.90. The standard InChI is InChI=1S/C17H34N2/c1-13(14-9-7-6-8-10-14)18-15-11-16(2,3)19-17(4,5)12-15/h13-15,18-19H,6-12H2,1-5H3. The van der Waals surface area contributed by atoms with Crippen molar-refractivity contribution >= 4 is 0 Å². The molecule has 1 atom stereocenters. The molecule has 2 fully saturated rings. The van der Waals surface area contributed by atoms with Crippen LogP contribution in [-0.2, 0) is 0 Å². The van der Waals surface area contributed by atoms with Gasteiger partial charge >= 0.3 is 0 Å². The summed E-state index contributed by atoms with van der Waals surface area (Å²) >= 11 is 0. The Morgan fingerprint density at radius 2 is 1.47 bits per heavy atom. The number of nitrogens with one attached hydrogen (secondary N) is 2. The Morgan fingerprint density at radius 3 is 2.00 bits per heavy atom. The molecule has 2 heteroatoms. The number of hydrogen-bond donors (Lipinski definition) is 2. The minimum Gasteiger partial charge on any atom is -0.311 e. The fourth-order valence-corrected chi connectivity index (χ4v) is 4.58. The summed E-state index contributed by atoms with van der Waals surface area (Å²) in [6.07, 6.45) is 9.70. The van der Waals surface area contributed by atoms with Crippen LogP contribution in [0, 0.1) is 5.92 Å². The van der Waals surface area contributed by atoms with Crippen molar-refractivity contribution in [3.8, 4) is 0 Å². The summed E-state index contributed by atoms with van der Waals surface area (Å²) in [5.74, 6) is 0.912. The summed E-state index contributed by atoms with van der Waals surface area (Å²) in [7, 11) is 0. The van der Waals surface area contributed by atoms with E-state index in [0.717, 1.165) is 5.92 Å². The molecule has 2 nitrogen and oxygen atoms in total. The van der Waals surface area contributed by atoms with E-state index >= 15 is 0 Å². The second-order valence-electron chi connectivity index (χ2n) is 8.35. The predicted octanol–water partition coefficient (Wildman–Crippen LogP) is 3.85. The molecule has 1 aliphatic heterocycles. The Bertz CT molecular complexity index is 274. The van der Waals surface area contributed by atoms with Gasteiger partial charge in [-0.1, -0.05) is 19.3 Å². The highest BCUT2D eigenvalue weighted by atomic mass is 15.1. The van der Waals surface area contributed by atoms with E-state index in [-0.39, 0.29) is 11.1 Å². The van der Waals surface area contributed by atoms with E-state index in [1.807, 2.05) is 0 Å². The van der Waals surface area contributed by atoms with Gasteiger partial charge in [-0.05, 0) is 66.2 Å². The van der Waals surface area contributed by atoms with Gasteiger partial charge in [-0.3, -0.25) is 0 Å². The van der Waals surface area contributed by atoms with Crippen LogP contribution in [-0.4, -0.2) is 23.2 Å². The molecule has 2 N–H and O–H groups in total.